The van der Waals surface area contributed by atoms with Crippen LogP contribution < -0.4 is 5.32 Å². The summed E-state index contributed by atoms with van der Waals surface area (Å²) in [4.78, 5) is 2.72. The smallest absolute Gasteiger partial charge is 0.0236 e. The molecule has 112 valence electrons. The van der Waals surface area contributed by atoms with E-state index in [0.29, 0.717) is 6.04 Å². The molecule has 1 heterocycles. The Bertz CT molecular complexity index is 374. The zero-order valence-corrected chi connectivity index (χ0v) is 13.3. The fourth-order valence-electron chi connectivity index (χ4n) is 3.27. The number of rotatable bonds is 6. The highest BCUT2D eigenvalue weighted by Gasteiger charge is 2.27. The second-order valence-electron chi connectivity index (χ2n) is 6.59. The van der Waals surface area contributed by atoms with Crippen molar-refractivity contribution in [2.45, 2.75) is 52.1 Å². The van der Waals surface area contributed by atoms with Gasteiger partial charge in [-0.1, -0.05) is 57.5 Å². The first-order chi connectivity index (χ1) is 9.69. The second kappa shape index (κ2) is 7.80. The molecule has 2 unspecified atom stereocenters. The minimum atomic E-state index is 0.601. The van der Waals surface area contributed by atoms with Crippen LogP contribution in [-0.2, 0) is 6.42 Å². The van der Waals surface area contributed by atoms with E-state index in [1.165, 1.54) is 31.5 Å². The molecule has 1 aromatic rings. The van der Waals surface area contributed by atoms with Crippen molar-refractivity contribution < 1.29 is 0 Å². The van der Waals surface area contributed by atoms with Gasteiger partial charge in [-0.15, -0.1) is 0 Å². The lowest BCUT2D eigenvalue weighted by Crippen LogP contribution is -2.57. The largest absolute Gasteiger partial charge is 0.311 e. The van der Waals surface area contributed by atoms with Crippen LogP contribution in [0.2, 0.25) is 0 Å². The molecule has 0 aromatic heterocycles. The van der Waals surface area contributed by atoms with E-state index in [1.807, 2.05) is 0 Å². The van der Waals surface area contributed by atoms with Gasteiger partial charge < -0.3 is 5.32 Å². The topological polar surface area (TPSA) is 15.3 Å². The van der Waals surface area contributed by atoms with Gasteiger partial charge in [0.05, 0.1) is 0 Å². The predicted molar refractivity (Wildman–Crippen MR) is 87.0 cm³/mol. The molecule has 0 bridgehead atoms. The average Bonchev–Trinajstić information content (AvgIpc) is 2.42. The first kappa shape index (κ1) is 15.5. The van der Waals surface area contributed by atoms with Gasteiger partial charge in [0.2, 0.25) is 0 Å². The summed E-state index contributed by atoms with van der Waals surface area (Å²) in [6.45, 7) is 10.5. The third-order valence-corrected chi connectivity index (χ3v) is 4.16. The Morgan fingerprint density at radius 2 is 2.00 bits per heavy atom. The van der Waals surface area contributed by atoms with Crippen molar-refractivity contribution in [1.82, 2.24) is 10.2 Å². The van der Waals surface area contributed by atoms with E-state index < -0.39 is 0 Å². The summed E-state index contributed by atoms with van der Waals surface area (Å²) in [5.41, 5.74) is 1.45. The van der Waals surface area contributed by atoms with Gasteiger partial charge in [-0.05, 0) is 24.3 Å². The zero-order valence-electron chi connectivity index (χ0n) is 13.3. The summed E-state index contributed by atoms with van der Waals surface area (Å²) >= 11 is 0. The van der Waals surface area contributed by atoms with Gasteiger partial charge in [-0.3, -0.25) is 4.90 Å². The van der Waals surface area contributed by atoms with E-state index in [-0.39, 0.29) is 0 Å². The standard InChI is InChI=1S/C18H30N2/c1-4-8-18-12-19-17(14-20(18)13-15(2)3)11-16-9-6-5-7-10-16/h5-7,9-10,15,17-19H,4,8,11-14H2,1-3H3. The molecule has 1 N–H and O–H groups in total. The first-order valence-electron chi connectivity index (χ1n) is 8.20. The van der Waals surface area contributed by atoms with Crippen LogP contribution >= 0.6 is 0 Å². The summed E-state index contributed by atoms with van der Waals surface area (Å²) in [5.74, 6) is 0.754. The summed E-state index contributed by atoms with van der Waals surface area (Å²) in [5, 5.41) is 3.76. The van der Waals surface area contributed by atoms with Gasteiger partial charge in [0, 0.05) is 31.7 Å². The monoisotopic (exact) mass is 274 g/mol. The molecular weight excluding hydrogens is 244 g/mol. The molecule has 2 atom stereocenters. The molecule has 1 saturated heterocycles. The quantitative estimate of drug-likeness (QED) is 0.856. The third-order valence-electron chi connectivity index (χ3n) is 4.16. The number of nitrogens with one attached hydrogen (secondary N) is 1. The molecule has 0 saturated carbocycles. The van der Waals surface area contributed by atoms with Crippen molar-refractivity contribution in [3.05, 3.63) is 35.9 Å². The van der Waals surface area contributed by atoms with Crippen molar-refractivity contribution in [3.8, 4) is 0 Å². The van der Waals surface area contributed by atoms with Crippen LogP contribution in [0.1, 0.15) is 39.2 Å². The van der Waals surface area contributed by atoms with Crippen LogP contribution in [0.4, 0.5) is 0 Å². The van der Waals surface area contributed by atoms with Crippen LogP contribution in [-0.4, -0.2) is 36.6 Å². The van der Waals surface area contributed by atoms with E-state index in [9.17, 15) is 0 Å². The Morgan fingerprint density at radius 3 is 2.65 bits per heavy atom. The number of piperazine rings is 1. The Balaban J connectivity index is 1.93. The minimum absolute atomic E-state index is 0.601. The normalized spacial score (nSPS) is 24.2. The first-order valence-corrected chi connectivity index (χ1v) is 8.20. The van der Waals surface area contributed by atoms with Crippen LogP contribution in [0.3, 0.4) is 0 Å². The van der Waals surface area contributed by atoms with E-state index in [4.69, 9.17) is 0 Å². The maximum Gasteiger partial charge on any atom is 0.0236 e. The lowest BCUT2D eigenvalue weighted by molar-refractivity contribution is 0.109. The van der Waals surface area contributed by atoms with E-state index >= 15 is 0 Å². The third kappa shape index (κ3) is 4.60. The Hall–Kier alpha value is -0.860. The fourth-order valence-corrected chi connectivity index (χ4v) is 3.27. The van der Waals surface area contributed by atoms with Crippen molar-refractivity contribution in [1.29, 1.82) is 0 Å². The van der Waals surface area contributed by atoms with Gasteiger partial charge in [0.25, 0.3) is 0 Å². The number of benzene rings is 1. The molecule has 0 spiro atoms. The maximum atomic E-state index is 3.76. The van der Waals surface area contributed by atoms with Gasteiger partial charge in [0.1, 0.15) is 0 Å². The zero-order chi connectivity index (χ0) is 14.4. The Morgan fingerprint density at radius 1 is 1.25 bits per heavy atom. The summed E-state index contributed by atoms with van der Waals surface area (Å²) < 4.78 is 0. The SMILES string of the molecule is CCCC1CNC(Cc2ccccc2)CN1CC(C)C. The molecule has 1 aromatic carbocycles. The van der Waals surface area contributed by atoms with Gasteiger partial charge >= 0.3 is 0 Å². The Kier molecular flexibility index (Phi) is 6.06. The average molecular weight is 274 g/mol. The van der Waals surface area contributed by atoms with E-state index in [0.717, 1.165) is 24.9 Å². The molecule has 1 fully saturated rings. The van der Waals surface area contributed by atoms with Crippen LogP contribution in [0, 0.1) is 5.92 Å². The molecule has 0 radical (unpaired) electrons. The number of hydrogen-bond acceptors (Lipinski definition) is 2. The van der Waals surface area contributed by atoms with Crippen molar-refractivity contribution in [2.24, 2.45) is 5.92 Å². The van der Waals surface area contributed by atoms with Crippen molar-refractivity contribution in [3.63, 3.8) is 0 Å². The lowest BCUT2D eigenvalue weighted by Gasteiger charge is -2.41. The summed E-state index contributed by atoms with van der Waals surface area (Å²) in [6, 6.07) is 12.2. The molecule has 1 aliphatic heterocycles. The van der Waals surface area contributed by atoms with Gasteiger partial charge in [0.15, 0.2) is 0 Å². The van der Waals surface area contributed by atoms with Crippen LogP contribution in [0.15, 0.2) is 30.3 Å². The molecule has 1 aliphatic rings. The second-order valence-corrected chi connectivity index (χ2v) is 6.59. The van der Waals surface area contributed by atoms with Gasteiger partial charge in [-0.25, -0.2) is 0 Å². The molecule has 20 heavy (non-hydrogen) atoms. The Labute approximate surface area is 124 Å². The van der Waals surface area contributed by atoms with Crippen molar-refractivity contribution >= 4 is 0 Å². The molecule has 0 amide bonds. The summed E-state index contributed by atoms with van der Waals surface area (Å²) in [6.07, 6.45) is 3.75. The number of hydrogen-bond donors (Lipinski definition) is 1. The maximum absolute atomic E-state index is 3.76. The number of nitrogens with zero attached hydrogens (tertiary/aromatic N) is 1. The van der Waals surface area contributed by atoms with Crippen molar-refractivity contribution in [2.75, 3.05) is 19.6 Å². The van der Waals surface area contributed by atoms with Crippen LogP contribution in [0.25, 0.3) is 0 Å². The highest BCUT2D eigenvalue weighted by Crippen LogP contribution is 2.16. The molecule has 0 aliphatic carbocycles. The van der Waals surface area contributed by atoms with Gasteiger partial charge in [-0.2, -0.15) is 0 Å². The van der Waals surface area contributed by atoms with Crippen LogP contribution in [0.5, 0.6) is 0 Å². The molecule has 2 nitrogen and oxygen atoms in total. The molecule has 2 heteroatoms. The minimum Gasteiger partial charge on any atom is -0.311 e. The highest BCUT2D eigenvalue weighted by molar-refractivity contribution is 5.16. The molecular formula is C18H30N2. The lowest BCUT2D eigenvalue weighted by atomic mass is 9.98. The van der Waals surface area contributed by atoms with E-state index in [2.05, 4.69) is 61.3 Å². The van der Waals surface area contributed by atoms with E-state index in [1.54, 1.807) is 0 Å². The highest BCUT2D eigenvalue weighted by atomic mass is 15.2. The summed E-state index contributed by atoms with van der Waals surface area (Å²) in [7, 11) is 0. The fraction of sp³-hybridized carbons (Fsp3) is 0.667. The molecule has 2 rings (SSSR count). The predicted octanol–water partition coefficient (Wildman–Crippen LogP) is 3.33.